The van der Waals surface area contributed by atoms with E-state index in [1.807, 2.05) is 50.1 Å². The molecule has 0 heterocycles. The van der Waals surface area contributed by atoms with Crippen molar-refractivity contribution in [1.29, 1.82) is 0 Å². The van der Waals surface area contributed by atoms with Gasteiger partial charge in [-0.2, -0.15) is 0 Å². The number of guanidine groups is 1. The highest BCUT2D eigenvalue weighted by molar-refractivity contribution is 7.89. The molecule has 2 N–H and O–H groups in total. The van der Waals surface area contributed by atoms with Gasteiger partial charge in [0.25, 0.3) is 0 Å². The lowest BCUT2D eigenvalue weighted by atomic mass is 10.2. The second-order valence-electron chi connectivity index (χ2n) is 6.65. The van der Waals surface area contributed by atoms with Crippen LogP contribution in [0.5, 0.6) is 5.75 Å². The average molecular weight is 419 g/mol. The van der Waals surface area contributed by atoms with Gasteiger partial charge in [0.15, 0.2) is 5.96 Å². The molecule has 0 bridgehead atoms. The van der Waals surface area contributed by atoms with Crippen molar-refractivity contribution in [2.75, 3.05) is 33.8 Å². The fraction of sp³-hybridized carbons (Fsp3) is 0.381. The summed E-state index contributed by atoms with van der Waals surface area (Å²) < 4.78 is 32.5. The fourth-order valence-electron chi connectivity index (χ4n) is 2.69. The number of rotatable bonds is 9. The van der Waals surface area contributed by atoms with Crippen molar-refractivity contribution in [2.45, 2.75) is 25.3 Å². The smallest absolute Gasteiger partial charge is 0.240 e. The Labute approximate surface area is 173 Å². The minimum atomic E-state index is -3.53. The molecule has 0 atom stereocenters. The van der Waals surface area contributed by atoms with Crippen LogP contribution in [0, 0.1) is 6.92 Å². The molecule has 0 aliphatic heterocycles. The third-order valence-corrected chi connectivity index (χ3v) is 5.75. The van der Waals surface area contributed by atoms with Crippen molar-refractivity contribution in [1.82, 2.24) is 14.9 Å². The number of hydrogen-bond acceptors (Lipinski definition) is 4. The molecule has 0 unspecified atom stereocenters. The van der Waals surface area contributed by atoms with Crippen LogP contribution in [0.15, 0.2) is 58.4 Å². The topological polar surface area (TPSA) is 83.0 Å². The molecule has 2 rings (SSSR count). The van der Waals surface area contributed by atoms with Crippen LogP contribution in [-0.4, -0.2) is 53.1 Å². The monoisotopic (exact) mass is 418 g/mol. The summed E-state index contributed by atoms with van der Waals surface area (Å²) in [6.45, 7) is 5.87. The van der Waals surface area contributed by atoms with Crippen LogP contribution in [0.25, 0.3) is 0 Å². The highest BCUT2D eigenvalue weighted by atomic mass is 32.2. The first-order chi connectivity index (χ1) is 13.9. The molecule has 0 radical (unpaired) electrons. The number of nitrogens with one attached hydrogen (secondary N) is 2. The molecule has 0 spiro atoms. The summed E-state index contributed by atoms with van der Waals surface area (Å²) in [6, 6.07) is 14.6. The third kappa shape index (κ3) is 7.07. The molecule has 0 aliphatic rings. The van der Waals surface area contributed by atoms with Crippen molar-refractivity contribution in [2.24, 2.45) is 4.99 Å². The molecule has 2 aromatic carbocycles. The fourth-order valence-corrected chi connectivity index (χ4v) is 3.71. The molecule has 8 heteroatoms. The molecule has 0 amide bonds. The maximum absolute atomic E-state index is 12.3. The summed E-state index contributed by atoms with van der Waals surface area (Å²) in [5, 5.41) is 3.23. The van der Waals surface area contributed by atoms with Crippen molar-refractivity contribution >= 4 is 16.0 Å². The first-order valence-corrected chi connectivity index (χ1v) is 11.0. The zero-order valence-electron chi connectivity index (χ0n) is 17.5. The lowest BCUT2D eigenvalue weighted by Gasteiger charge is -2.22. The second-order valence-corrected chi connectivity index (χ2v) is 8.42. The van der Waals surface area contributed by atoms with Gasteiger partial charge in [0.2, 0.25) is 10.0 Å². The van der Waals surface area contributed by atoms with Crippen molar-refractivity contribution in [3.8, 4) is 5.75 Å². The van der Waals surface area contributed by atoms with E-state index in [0.29, 0.717) is 13.1 Å². The number of methoxy groups -OCH3 is 1. The Morgan fingerprint density at radius 1 is 1.10 bits per heavy atom. The number of ether oxygens (including phenoxy) is 1. The van der Waals surface area contributed by atoms with E-state index in [9.17, 15) is 8.42 Å². The number of nitrogens with zero attached hydrogens (tertiary/aromatic N) is 2. The maximum Gasteiger partial charge on any atom is 0.240 e. The molecule has 7 nitrogen and oxygen atoms in total. The Bertz CT molecular complexity index is 895. The Balaban J connectivity index is 1.94. The van der Waals surface area contributed by atoms with E-state index < -0.39 is 10.0 Å². The van der Waals surface area contributed by atoms with Gasteiger partial charge < -0.3 is 15.0 Å². The number of sulfonamides is 1. The van der Waals surface area contributed by atoms with Crippen LogP contribution >= 0.6 is 0 Å². The normalized spacial score (nSPS) is 11.9. The Kier molecular flexibility index (Phi) is 8.48. The summed E-state index contributed by atoms with van der Waals surface area (Å²) >= 11 is 0. The summed E-state index contributed by atoms with van der Waals surface area (Å²) in [6.07, 6.45) is 0. The minimum absolute atomic E-state index is 0.224. The lowest BCUT2D eigenvalue weighted by molar-refractivity contribution is 0.414. The van der Waals surface area contributed by atoms with Gasteiger partial charge in [0.1, 0.15) is 5.75 Å². The highest BCUT2D eigenvalue weighted by Crippen LogP contribution is 2.13. The van der Waals surface area contributed by atoms with Crippen LogP contribution < -0.4 is 14.8 Å². The highest BCUT2D eigenvalue weighted by Gasteiger charge is 2.13. The predicted octanol–water partition coefficient (Wildman–Crippen LogP) is 2.38. The first kappa shape index (κ1) is 22.7. The van der Waals surface area contributed by atoms with E-state index in [2.05, 4.69) is 15.0 Å². The third-order valence-electron chi connectivity index (χ3n) is 4.27. The quantitative estimate of drug-likeness (QED) is 0.371. The zero-order chi connectivity index (χ0) is 21.3. The van der Waals surface area contributed by atoms with E-state index in [-0.39, 0.29) is 11.4 Å². The summed E-state index contributed by atoms with van der Waals surface area (Å²) in [5.74, 6) is 1.54. The Hall–Kier alpha value is -2.58. The Morgan fingerprint density at radius 2 is 1.76 bits per heavy atom. The van der Waals surface area contributed by atoms with Crippen LogP contribution in [-0.2, 0) is 16.6 Å². The molecule has 0 fully saturated rings. The van der Waals surface area contributed by atoms with Crippen molar-refractivity contribution in [3.05, 3.63) is 59.7 Å². The van der Waals surface area contributed by atoms with E-state index >= 15 is 0 Å². The number of benzene rings is 2. The van der Waals surface area contributed by atoms with Crippen molar-refractivity contribution < 1.29 is 13.2 Å². The van der Waals surface area contributed by atoms with Gasteiger partial charge in [0, 0.05) is 26.7 Å². The lowest BCUT2D eigenvalue weighted by Crippen LogP contribution is -2.39. The zero-order valence-corrected chi connectivity index (χ0v) is 18.3. The standard InChI is InChI=1S/C21H30N4O3S/c1-5-22-21(25(3)16-18-8-10-19(28-4)11-9-18)23-14-15-24-29(26,27)20-12-6-17(2)7-13-20/h6-13,24H,5,14-16H2,1-4H3,(H,22,23). The van der Waals surface area contributed by atoms with Gasteiger partial charge in [-0.25, -0.2) is 13.1 Å². The molecule has 2 aromatic rings. The van der Waals surface area contributed by atoms with Crippen LogP contribution in [0.1, 0.15) is 18.1 Å². The second kappa shape index (κ2) is 10.8. The van der Waals surface area contributed by atoms with Gasteiger partial charge in [-0.15, -0.1) is 0 Å². The van der Waals surface area contributed by atoms with E-state index in [4.69, 9.17) is 4.74 Å². The van der Waals surface area contributed by atoms with Gasteiger partial charge in [0.05, 0.1) is 18.6 Å². The maximum atomic E-state index is 12.3. The van der Waals surface area contributed by atoms with Crippen molar-refractivity contribution in [3.63, 3.8) is 0 Å². The van der Waals surface area contributed by atoms with Gasteiger partial charge in [-0.3, -0.25) is 4.99 Å². The van der Waals surface area contributed by atoms with Gasteiger partial charge >= 0.3 is 0 Å². The van der Waals surface area contributed by atoms with E-state index in [1.54, 1.807) is 31.4 Å². The number of aryl methyl sites for hydroxylation is 1. The molecule has 0 aromatic heterocycles. The first-order valence-electron chi connectivity index (χ1n) is 9.54. The summed E-state index contributed by atoms with van der Waals surface area (Å²) in [5.41, 5.74) is 2.14. The number of hydrogen-bond donors (Lipinski definition) is 2. The summed E-state index contributed by atoms with van der Waals surface area (Å²) in [4.78, 5) is 6.79. The molecule has 29 heavy (non-hydrogen) atoms. The average Bonchev–Trinajstić information content (AvgIpc) is 2.71. The molecule has 0 aliphatic carbocycles. The van der Waals surface area contributed by atoms with Crippen LogP contribution in [0.4, 0.5) is 0 Å². The SMILES string of the molecule is CCNC(=NCCNS(=O)(=O)c1ccc(C)cc1)N(C)Cc1ccc(OC)cc1. The predicted molar refractivity (Wildman–Crippen MR) is 117 cm³/mol. The molecular formula is C21H30N4O3S. The van der Waals surface area contributed by atoms with Gasteiger partial charge in [-0.05, 0) is 43.7 Å². The largest absolute Gasteiger partial charge is 0.497 e. The van der Waals surface area contributed by atoms with E-state index in [1.165, 1.54) is 0 Å². The van der Waals surface area contributed by atoms with Crippen LogP contribution in [0.2, 0.25) is 0 Å². The molecule has 0 saturated carbocycles. The van der Waals surface area contributed by atoms with E-state index in [0.717, 1.165) is 29.4 Å². The van der Waals surface area contributed by atoms with Crippen LogP contribution in [0.3, 0.4) is 0 Å². The summed E-state index contributed by atoms with van der Waals surface area (Å²) in [7, 11) is 0.0618. The van der Waals surface area contributed by atoms with Gasteiger partial charge in [-0.1, -0.05) is 29.8 Å². The molecule has 0 saturated heterocycles. The molecular weight excluding hydrogens is 388 g/mol. The Morgan fingerprint density at radius 3 is 2.34 bits per heavy atom. The number of aliphatic imine (C=N–C) groups is 1. The minimum Gasteiger partial charge on any atom is -0.497 e. The molecule has 158 valence electrons.